The highest BCUT2D eigenvalue weighted by molar-refractivity contribution is 5.89. The molecular weight excluding hydrogens is 260 g/mol. The first-order chi connectivity index (χ1) is 9.56. The number of aromatic carboxylic acids is 1. The number of carboxylic acids is 1. The third-order valence-corrected chi connectivity index (χ3v) is 3.04. The summed E-state index contributed by atoms with van der Waals surface area (Å²) in [7, 11) is 0. The molecule has 1 rings (SSSR count). The van der Waals surface area contributed by atoms with E-state index in [0.29, 0.717) is 12.2 Å². The first-order valence-electron chi connectivity index (χ1n) is 6.82. The lowest BCUT2D eigenvalue weighted by Crippen LogP contribution is -2.06. The molecule has 0 atom stereocenters. The highest BCUT2D eigenvalue weighted by Gasteiger charge is 2.16. The van der Waals surface area contributed by atoms with Crippen molar-refractivity contribution in [1.82, 2.24) is 0 Å². The first kappa shape index (κ1) is 15.9. The van der Waals surface area contributed by atoms with Crippen molar-refractivity contribution in [2.24, 2.45) is 0 Å². The van der Waals surface area contributed by atoms with Gasteiger partial charge >= 0.3 is 5.97 Å². The Balaban J connectivity index is 2.60. The molecule has 0 aromatic heterocycles. The second kappa shape index (κ2) is 8.14. The molecule has 0 radical (unpaired) electrons. The molecule has 0 saturated carbocycles. The Morgan fingerprint density at radius 1 is 1.30 bits per heavy atom. The van der Waals surface area contributed by atoms with Gasteiger partial charge in [0.2, 0.25) is 0 Å². The van der Waals surface area contributed by atoms with Gasteiger partial charge in [0.25, 0.3) is 5.69 Å². The maximum atomic E-state index is 10.9. The summed E-state index contributed by atoms with van der Waals surface area (Å²) in [4.78, 5) is 21.2. The summed E-state index contributed by atoms with van der Waals surface area (Å²) in [6.45, 7) is 2.79. The van der Waals surface area contributed by atoms with E-state index >= 15 is 0 Å². The van der Waals surface area contributed by atoms with Crippen LogP contribution in [-0.4, -0.2) is 22.5 Å². The van der Waals surface area contributed by atoms with Crippen molar-refractivity contribution in [3.63, 3.8) is 0 Å². The molecule has 20 heavy (non-hydrogen) atoms. The topological polar surface area (TPSA) is 92.5 Å². The number of nitrogens with zero attached hydrogens (tertiary/aromatic N) is 1. The van der Waals surface area contributed by atoms with E-state index in [1.807, 2.05) is 0 Å². The molecular formula is C14H20N2O4. The highest BCUT2D eigenvalue weighted by atomic mass is 16.6. The molecule has 0 heterocycles. The number of unbranched alkanes of at least 4 members (excludes halogenated alkanes) is 4. The van der Waals surface area contributed by atoms with Crippen LogP contribution in [0.2, 0.25) is 0 Å². The van der Waals surface area contributed by atoms with Crippen molar-refractivity contribution in [2.75, 3.05) is 11.9 Å². The molecule has 6 nitrogen and oxygen atoms in total. The van der Waals surface area contributed by atoms with Crippen LogP contribution in [0.1, 0.15) is 49.4 Å². The monoisotopic (exact) mass is 280 g/mol. The highest BCUT2D eigenvalue weighted by Crippen LogP contribution is 2.25. The van der Waals surface area contributed by atoms with Crippen LogP contribution in [-0.2, 0) is 0 Å². The number of hydrogen-bond donors (Lipinski definition) is 2. The summed E-state index contributed by atoms with van der Waals surface area (Å²) in [5, 5.41) is 22.8. The predicted octanol–water partition coefficient (Wildman–Crippen LogP) is 3.68. The number of hydrogen-bond acceptors (Lipinski definition) is 4. The molecule has 2 N–H and O–H groups in total. The molecule has 0 amide bonds. The Bertz CT molecular complexity index is 474. The number of nitro groups is 1. The van der Waals surface area contributed by atoms with Gasteiger partial charge in [-0.05, 0) is 18.6 Å². The van der Waals surface area contributed by atoms with Crippen molar-refractivity contribution in [1.29, 1.82) is 0 Å². The minimum atomic E-state index is -1.17. The molecule has 0 fully saturated rings. The van der Waals surface area contributed by atoms with Crippen molar-refractivity contribution in [3.8, 4) is 0 Å². The van der Waals surface area contributed by atoms with Crippen LogP contribution < -0.4 is 5.32 Å². The molecule has 0 aliphatic rings. The fourth-order valence-electron chi connectivity index (χ4n) is 1.92. The number of rotatable bonds is 9. The molecule has 6 heteroatoms. The van der Waals surface area contributed by atoms with Gasteiger partial charge in [-0.15, -0.1) is 0 Å². The van der Waals surface area contributed by atoms with Crippen LogP contribution >= 0.6 is 0 Å². The largest absolute Gasteiger partial charge is 0.478 e. The third-order valence-electron chi connectivity index (χ3n) is 3.04. The Morgan fingerprint density at radius 3 is 2.60 bits per heavy atom. The maximum absolute atomic E-state index is 10.9. The van der Waals surface area contributed by atoms with Gasteiger partial charge in [-0.2, -0.15) is 0 Å². The van der Waals surface area contributed by atoms with E-state index in [9.17, 15) is 14.9 Å². The molecule has 0 spiro atoms. The Kier molecular flexibility index (Phi) is 6.49. The zero-order valence-corrected chi connectivity index (χ0v) is 11.6. The zero-order valence-electron chi connectivity index (χ0n) is 11.6. The van der Waals surface area contributed by atoms with E-state index in [0.717, 1.165) is 25.3 Å². The van der Waals surface area contributed by atoms with Crippen LogP contribution in [0.5, 0.6) is 0 Å². The summed E-state index contributed by atoms with van der Waals surface area (Å²) in [6, 6.07) is 3.91. The molecule has 1 aromatic carbocycles. The van der Waals surface area contributed by atoms with Crippen LogP contribution in [0, 0.1) is 10.1 Å². The number of carboxylic acid groups (broad SMARTS) is 1. The van der Waals surface area contributed by atoms with Crippen molar-refractivity contribution < 1.29 is 14.8 Å². The van der Waals surface area contributed by atoms with Gasteiger partial charge in [0.1, 0.15) is 5.69 Å². The summed E-state index contributed by atoms with van der Waals surface area (Å²) in [5.41, 5.74) is 0.0964. The predicted molar refractivity (Wildman–Crippen MR) is 77.3 cm³/mol. The fourth-order valence-corrected chi connectivity index (χ4v) is 1.92. The molecule has 110 valence electrons. The van der Waals surface area contributed by atoms with Crippen molar-refractivity contribution >= 4 is 17.3 Å². The van der Waals surface area contributed by atoms with Crippen LogP contribution in [0.4, 0.5) is 11.4 Å². The van der Waals surface area contributed by atoms with Crippen LogP contribution in [0.25, 0.3) is 0 Å². The lowest BCUT2D eigenvalue weighted by Gasteiger charge is -2.07. The number of carbonyl (C=O) groups is 1. The second-order valence-electron chi connectivity index (χ2n) is 4.64. The molecule has 0 bridgehead atoms. The summed E-state index contributed by atoms with van der Waals surface area (Å²) >= 11 is 0. The van der Waals surface area contributed by atoms with Crippen LogP contribution in [0.3, 0.4) is 0 Å². The van der Waals surface area contributed by atoms with Gasteiger partial charge in [-0.25, -0.2) is 4.79 Å². The van der Waals surface area contributed by atoms with Gasteiger partial charge in [0, 0.05) is 12.6 Å². The number of anilines is 1. The van der Waals surface area contributed by atoms with Gasteiger partial charge < -0.3 is 10.4 Å². The second-order valence-corrected chi connectivity index (χ2v) is 4.64. The average molecular weight is 280 g/mol. The summed E-state index contributed by atoms with van der Waals surface area (Å²) in [5.74, 6) is -1.17. The molecule has 0 aliphatic heterocycles. The van der Waals surface area contributed by atoms with Crippen LogP contribution in [0.15, 0.2) is 18.2 Å². The first-order valence-corrected chi connectivity index (χ1v) is 6.82. The smallest absolute Gasteiger partial charge is 0.335 e. The normalized spacial score (nSPS) is 10.2. The van der Waals surface area contributed by atoms with E-state index in [-0.39, 0.29) is 11.3 Å². The van der Waals surface area contributed by atoms with Gasteiger partial charge in [0.05, 0.1) is 10.5 Å². The summed E-state index contributed by atoms with van der Waals surface area (Å²) < 4.78 is 0. The molecule has 1 aromatic rings. The maximum Gasteiger partial charge on any atom is 0.335 e. The third kappa shape index (κ3) is 4.87. The minimum Gasteiger partial charge on any atom is -0.478 e. The quantitative estimate of drug-likeness (QED) is 0.409. The van der Waals surface area contributed by atoms with E-state index in [1.54, 1.807) is 0 Å². The minimum absolute atomic E-state index is 0.0785. The van der Waals surface area contributed by atoms with E-state index in [1.165, 1.54) is 25.0 Å². The molecule has 0 unspecified atom stereocenters. The zero-order chi connectivity index (χ0) is 15.0. The lowest BCUT2D eigenvalue weighted by atomic mass is 10.1. The van der Waals surface area contributed by atoms with E-state index < -0.39 is 10.9 Å². The SMILES string of the molecule is CCCCCCCNc1ccc(C(=O)O)cc1[N+](=O)[O-]. The van der Waals surface area contributed by atoms with Gasteiger partial charge in [-0.1, -0.05) is 32.6 Å². The van der Waals surface area contributed by atoms with E-state index in [4.69, 9.17) is 5.11 Å². The Labute approximate surface area is 118 Å². The van der Waals surface area contributed by atoms with Gasteiger partial charge in [0.15, 0.2) is 0 Å². The molecule has 0 saturated heterocycles. The average Bonchev–Trinajstić information content (AvgIpc) is 2.42. The van der Waals surface area contributed by atoms with Gasteiger partial charge in [-0.3, -0.25) is 10.1 Å². The Hall–Kier alpha value is -2.11. The number of nitro benzene ring substituents is 1. The molecule has 0 aliphatic carbocycles. The van der Waals surface area contributed by atoms with E-state index in [2.05, 4.69) is 12.2 Å². The number of benzene rings is 1. The Morgan fingerprint density at radius 2 is 2.00 bits per heavy atom. The number of nitrogens with one attached hydrogen (secondary N) is 1. The lowest BCUT2D eigenvalue weighted by molar-refractivity contribution is -0.384. The summed E-state index contributed by atoms with van der Waals surface area (Å²) in [6.07, 6.45) is 5.57. The van der Waals surface area contributed by atoms with Crippen molar-refractivity contribution in [2.45, 2.75) is 39.0 Å². The fraction of sp³-hybridized carbons (Fsp3) is 0.500. The van der Waals surface area contributed by atoms with Crippen molar-refractivity contribution in [3.05, 3.63) is 33.9 Å². The standard InChI is InChI=1S/C14H20N2O4/c1-2-3-4-5-6-9-15-12-8-7-11(14(17)18)10-13(12)16(19)20/h7-8,10,15H,2-6,9H2,1H3,(H,17,18).